The van der Waals surface area contributed by atoms with Crippen LogP contribution in [0.3, 0.4) is 0 Å². The van der Waals surface area contributed by atoms with Crippen molar-refractivity contribution in [3.05, 3.63) is 48.1 Å². The molecule has 3 heteroatoms. The summed E-state index contributed by atoms with van der Waals surface area (Å²) in [4.78, 5) is 4.49. The standard InChI is InChI=1S/C15H18N2O/c1-3-11(2)15-17-14(10-18-15)13-6-4-5-12(9-13)7-8-16/h3-6,9-10H,7-8,16H2,1-2H3. The van der Waals surface area contributed by atoms with Crippen LogP contribution in [0.15, 0.2) is 41.0 Å². The van der Waals surface area contributed by atoms with Crippen LogP contribution in [-0.2, 0) is 6.42 Å². The summed E-state index contributed by atoms with van der Waals surface area (Å²) < 4.78 is 5.47. The van der Waals surface area contributed by atoms with Crippen molar-refractivity contribution >= 4 is 5.57 Å². The van der Waals surface area contributed by atoms with Gasteiger partial charge in [0, 0.05) is 11.1 Å². The molecule has 2 N–H and O–H groups in total. The van der Waals surface area contributed by atoms with Gasteiger partial charge in [0.05, 0.1) is 0 Å². The predicted octanol–water partition coefficient (Wildman–Crippen LogP) is 3.27. The number of oxazole rings is 1. The van der Waals surface area contributed by atoms with Crippen molar-refractivity contribution in [2.75, 3.05) is 6.54 Å². The summed E-state index contributed by atoms with van der Waals surface area (Å²) in [6.45, 7) is 4.62. The highest BCUT2D eigenvalue weighted by atomic mass is 16.3. The van der Waals surface area contributed by atoms with E-state index in [1.54, 1.807) is 6.26 Å². The molecule has 0 atom stereocenters. The van der Waals surface area contributed by atoms with E-state index in [2.05, 4.69) is 17.1 Å². The minimum Gasteiger partial charge on any atom is -0.444 e. The molecule has 0 bridgehead atoms. The zero-order chi connectivity index (χ0) is 13.0. The van der Waals surface area contributed by atoms with E-state index in [1.165, 1.54) is 5.56 Å². The Morgan fingerprint density at radius 2 is 2.28 bits per heavy atom. The van der Waals surface area contributed by atoms with E-state index in [4.69, 9.17) is 10.2 Å². The van der Waals surface area contributed by atoms with Gasteiger partial charge in [-0.25, -0.2) is 4.98 Å². The average Bonchev–Trinajstić information content (AvgIpc) is 2.88. The molecule has 0 aliphatic rings. The fraction of sp³-hybridized carbons (Fsp3) is 0.267. The second-order valence-corrected chi connectivity index (χ2v) is 4.25. The monoisotopic (exact) mass is 242 g/mol. The summed E-state index contributed by atoms with van der Waals surface area (Å²) in [6, 6.07) is 8.25. The van der Waals surface area contributed by atoms with Gasteiger partial charge in [-0.05, 0) is 38.4 Å². The lowest BCUT2D eigenvalue weighted by molar-refractivity contribution is 0.542. The maximum Gasteiger partial charge on any atom is 0.221 e. The molecule has 2 rings (SSSR count). The summed E-state index contributed by atoms with van der Waals surface area (Å²) in [5.41, 5.74) is 9.77. The molecule has 94 valence electrons. The van der Waals surface area contributed by atoms with Gasteiger partial charge in [0.1, 0.15) is 12.0 Å². The molecule has 0 aliphatic carbocycles. The van der Waals surface area contributed by atoms with Gasteiger partial charge in [-0.2, -0.15) is 0 Å². The average molecular weight is 242 g/mol. The fourth-order valence-electron chi connectivity index (χ4n) is 1.76. The summed E-state index contributed by atoms with van der Waals surface area (Å²) >= 11 is 0. The molecule has 0 saturated carbocycles. The van der Waals surface area contributed by atoms with E-state index < -0.39 is 0 Å². The largest absolute Gasteiger partial charge is 0.444 e. The zero-order valence-corrected chi connectivity index (χ0v) is 10.8. The minimum absolute atomic E-state index is 0.658. The van der Waals surface area contributed by atoms with E-state index in [9.17, 15) is 0 Å². The smallest absolute Gasteiger partial charge is 0.221 e. The third-order valence-electron chi connectivity index (χ3n) is 2.93. The Morgan fingerprint density at radius 3 is 3.00 bits per heavy atom. The molecule has 0 fully saturated rings. The molecule has 0 spiro atoms. The van der Waals surface area contributed by atoms with Crippen molar-refractivity contribution in [3.8, 4) is 11.3 Å². The summed E-state index contributed by atoms with van der Waals surface area (Å²) in [7, 11) is 0. The van der Waals surface area contributed by atoms with Crippen LogP contribution in [0.25, 0.3) is 16.8 Å². The van der Waals surface area contributed by atoms with Crippen LogP contribution in [-0.4, -0.2) is 11.5 Å². The van der Waals surface area contributed by atoms with Gasteiger partial charge in [0.15, 0.2) is 0 Å². The summed E-state index contributed by atoms with van der Waals surface area (Å²) in [5, 5.41) is 0. The van der Waals surface area contributed by atoms with E-state index in [0.717, 1.165) is 23.3 Å². The van der Waals surface area contributed by atoms with Crippen molar-refractivity contribution in [2.24, 2.45) is 5.73 Å². The molecule has 1 aromatic carbocycles. The lowest BCUT2D eigenvalue weighted by atomic mass is 10.1. The molecule has 0 amide bonds. The number of benzene rings is 1. The van der Waals surface area contributed by atoms with Gasteiger partial charge in [0.2, 0.25) is 5.89 Å². The van der Waals surface area contributed by atoms with E-state index in [0.29, 0.717) is 12.4 Å². The second-order valence-electron chi connectivity index (χ2n) is 4.25. The number of hydrogen-bond acceptors (Lipinski definition) is 3. The number of nitrogens with zero attached hydrogens (tertiary/aromatic N) is 1. The van der Waals surface area contributed by atoms with E-state index in [-0.39, 0.29) is 0 Å². The van der Waals surface area contributed by atoms with Crippen molar-refractivity contribution in [2.45, 2.75) is 20.3 Å². The van der Waals surface area contributed by atoms with E-state index in [1.807, 2.05) is 32.1 Å². The Kier molecular flexibility index (Phi) is 3.95. The van der Waals surface area contributed by atoms with E-state index >= 15 is 0 Å². The van der Waals surface area contributed by atoms with Crippen molar-refractivity contribution in [1.82, 2.24) is 4.98 Å². The number of hydrogen-bond donors (Lipinski definition) is 1. The van der Waals surface area contributed by atoms with Crippen LogP contribution in [0.1, 0.15) is 25.3 Å². The van der Waals surface area contributed by atoms with Gasteiger partial charge in [-0.15, -0.1) is 0 Å². The Bertz CT molecular complexity index is 555. The summed E-state index contributed by atoms with van der Waals surface area (Å²) in [5.74, 6) is 0.678. The van der Waals surface area contributed by atoms with Crippen molar-refractivity contribution < 1.29 is 4.42 Å². The van der Waals surface area contributed by atoms with Gasteiger partial charge < -0.3 is 10.2 Å². The molecule has 1 aromatic heterocycles. The van der Waals surface area contributed by atoms with Crippen LogP contribution >= 0.6 is 0 Å². The van der Waals surface area contributed by atoms with Gasteiger partial charge in [0.25, 0.3) is 0 Å². The third kappa shape index (κ3) is 2.68. The molecular formula is C15H18N2O. The number of nitrogens with two attached hydrogens (primary N) is 1. The third-order valence-corrected chi connectivity index (χ3v) is 2.93. The molecule has 2 aromatic rings. The van der Waals surface area contributed by atoms with Crippen LogP contribution in [0.5, 0.6) is 0 Å². The maximum absolute atomic E-state index is 5.57. The van der Waals surface area contributed by atoms with Gasteiger partial charge in [-0.3, -0.25) is 0 Å². The number of allylic oxidation sites excluding steroid dienone is 2. The zero-order valence-electron chi connectivity index (χ0n) is 10.8. The molecule has 18 heavy (non-hydrogen) atoms. The minimum atomic E-state index is 0.658. The number of rotatable bonds is 4. The molecule has 0 aliphatic heterocycles. The first kappa shape index (κ1) is 12.6. The molecule has 0 radical (unpaired) electrons. The Labute approximate surface area is 107 Å². The SMILES string of the molecule is CC=C(C)c1nc(-c2cccc(CCN)c2)co1. The molecule has 1 heterocycles. The van der Waals surface area contributed by atoms with Gasteiger partial charge >= 0.3 is 0 Å². The molecule has 0 saturated heterocycles. The normalized spacial score (nSPS) is 11.8. The molecule has 3 nitrogen and oxygen atoms in total. The fourth-order valence-corrected chi connectivity index (χ4v) is 1.76. The van der Waals surface area contributed by atoms with Crippen molar-refractivity contribution in [1.29, 1.82) is 0 Å². The van der Waals surface area contributed by atoms with Crippen LogP contribution < -0.4 is 5.73 Å². The lowest BCUT2D eigenvalue weighted by Gasteiger charge is -2.01. The summed E-state index contributed by atoms with van der Waals surface area (Å²) in [6.07, 6.45) is 4.57. The Morgan fingerprint density at radius 1 is 1.44 bits per heavy atom. The number of aromatic nitrogens is 1. The van der Waals surface area contributed by atoms with Gasteiger partial charge in [-0.1, -0.05) is 24.3 Å². The molecular weight excluding hydrogens is 224 g/mol. The highest BCUT2D eigenvalue weighted by Crippen LogP contribution is 2.22. The van der Waals surface area contributed by atoms with Crippen LogP contribution in [0.4, 0.5) is 0 Å². The Balaban J connectivity index is 2.31. The Hall–Kier alpha value is -1.87. The topological polar surface area (TPSA) is 52.0 Å². The first-order valence-corrected chi connectivity index (χ1v) is 6.12. The maximum atomic E-state index is 5.57. The van der Waals surface area contributed by atoms with Crippen LogP contribution in [0.2, 0.25) is 0 Å². The highest BCUT2D eigenvalue weighted by Gasteiger charge is 2.07. The first-order valence-electron chi connectivity index (χ1n) is 6.12. The quantitative estimate of drug-likeness (QED) is 0.895. The predicted molar refractivity (Wildman–Crippen MR) is 74.0 cm³/mol. The molecule has 0 unspecified atom stereocenters. The first-order chi connectivity index (χ1) is 8.74. The highest BCUT2D eigenvalue weighted by molar-refractivity contribution is 5.63. The second kappa shape index (κ2) is 5.65. The van der Waals surface area contributed by atoms with Crippen LogP contribution in [0, 0.1) is 0 Å². The van der Waals surface area contributed by atoms with Crippen molar-refractivity contribution in [3.63, 3.8) is 0 Å². The lowest BCUT2D eigenvalue weighted by Crippen LogP contribution is -2.02.